The first-order chi connectivity index (χ1) is 10.2. The summed E-state index contributed by atoms with van der Waals surface area (Å²) in [5.74, 6) is -0.521. The SMILES string of the molecule is NC(c1cccc(Cl)c1F)c1cnnn1-c1ccccc1. The van der Waals surface area contributed by atoms with Crippen molar-refractivity contribution in [2.75, 3.05) is 0 Å². The standard InChI is InChI=1S/C15H12ClFN4/c16-12-8-4-7-11(14(12)17)15(18)13-9-19-20-21(13)10-5-2-1-3-6-10/h1-9,15H,18H2. The molecule has 3 rings (SSSR count). The molecule has 2 aromatic carbocycles. The highest BCUT2D eigenvalue weighted by atomic mass is 35.5. The largest absolute Gasteiger partial charge is 0.319 e. The predicted molar refractivity (Wildman–Crippen MR) is 78.8 cm³/mol. The van der Waals surface area contributed by atoms with E-state index in [-0.39, 0.29) is 5.02 Å². The number of benzene rings is 2. The van der Waals surface area contributed by atoms with Crippen molar-refractivity contribution in [2.45, 2.75) is 6.04 Å². The lowest BCUT2D eigenvalue weighted by Gasteiger charge is -2.15. The van der Waals surface area contributed by atoms with Gasteiger partial charge in [-0.1, -0.05) is 47.1 Å². The molecule has 1 aromatic heterocycles. The van der Waals surface area contributed by atoms with Gasteiger partial charge in [0.15, 0.2) is 0 Å². The zero-order valence-corrected chi connectivity index (χ0v) is 11.7. The number of para-hydroxylation sites is 1. The van der Waals surface area contributed by atoms with Gasteiger partial charge in [-0.25, -0.2) is 9.07 Å². The number of aromatic nitrogens is 3. The quantitative estimate of drug-likeness (QED) is 0.809. The number of nitrogens with two attached hydrogens (primary N) is 1. The highest BCUT2D eigenvalue weighted by Crippen LogP contribution is 2.27. The molecule has 106 valence electrons. The van der Waals surface area contributed by atoms with Crippen LogP contribution in [-0.4, -0.2) is 15.0 Å². The van der Waals surface area contributed by atoms with Crippen molar-refractivity contribution in [1.82, 2.24) is 15.0 Å². The summed E-state index contributed by atoms with van der Waals surface area (Å²) in [5, 5.41) is 7.93. The van der Waals surface area contributed by atoms with Crippen LogP contribution in [0.5, 0.6) is 0 Å². The van der Waals surface area contributed by atoms with E-state index in [2.05, 4.69) is 10.3 Å². The Hall–Kier alpha value is -2.24. The summed E-state index contributed by atoms with van der Waals surface area (Å²) in [6.07, 6.45) is 1.53. The Balaban J connectivity index is 2.06. The fourth-order valence-corrected chi connectivity index (χ4v) is 2.33. The Morgan fingerprint density at radius 1 is 1.10 bits per heavy atom. The van der Waals surface area contributed by atoms with E-state index in [9.17, 15) is 4.39 Å². The minimum atomic E-state index is -0.709. The molecule has 0 aliphatic heterocycles. The monoisotopic (exact) mass is 302 g/mol. The molecule has 0 fully saturated rings. The van der Waals surface area contributed by atoms with Crippen LogP contribution in [0, 0.1) is 5.82 Å². The summed E-state index contributed by atoms with van der Waals surface area (Å²) >= 11 is 5.81. The molecule has 21 heavy (non-hydrogen) atoms. The average Bonchev–Trinajstić information content (AvgIpc) is 3.00. The second kappa shape index (κ2) is 5.63. The average molecular weight is 303 g/mol. The molecule has 0 aliphatic carbocycles. The second-order valence-corrected chi connectivity index (χ2v) is 4.93. The van der Waals surface area contributed by atoms with Gasteiger partial charge in [-0.15, -0.1) is 5.10 Å². The lowest BCUT2D eigenvalue weighted by Crippen LogP contribution is -2.18. The van der Waals surface area contributed by atoms with Crippen LogP contribution in [0.4, 0.5) is 4.39 Å². The van der Waals surface area contributed by atoms with Crippen molar-refractivity contribution in [3.8, 4) is 5.69 Å². The molecule has 0 saturated carbocycles. The van der Waals surface area contributed by atoms with Crippen molar-refractivity contribution in [3.63, 3.8) is 0 Å². The topological polar surface area (TPSA) is 56.7 Å². The molecule has 0 saturated heterocycles. The molecule has 2 N–H and O–H groups in total. The van der Waals surface area contributed by atoms with Gasteiger partial charge in [0.2, 0.25) is 0 Å². The zero-order chi connectivity index (χ0) is 14.8. The smallest absolute Gasteiger partial charge is 0.146 e. The number of hydrogen-bond acceptors (Lipinski definition) is 3. The van der Waals surface area contributed by atoms with Crippen molar-refractivity contribution in [3.05, 3.63) is 76.8 Å². The maximum Gasteiger partial charge on any atom is 0.146 e. The van der Waals surface area contributed by atoms with Gasteiger partial charge >= 0.3 is 0 Å². The highest BCUT2D eigenvalue weighted by Gasteiger charge is 2.20. The molecule has 0 radical (unpaired) electrons. The third-order valence-electron chi connectivity index (χ3n) is 3.21. The van der Waals surface area contributed by atoms with Crippen LogP contribution < -0.4 is 5.73 Å². The molecule has 4 nitrogen and oxygen atoms in total. The number of rotatable bonds is 3. The summed E-state index contributed by atoms with van der Waals surface area (Å²) in [6.45, 7) is 0. The van der Waals surface area contributed by atoms with E-state index >= 15 is 0 Å². The third-order valence-corrected chi connectivity index (χ3v) is 3.50. The maximum atomic E-state index is 14.1. The molecule has 1 unspecified atom stereocenters. The van der Waals surface area contributed by atoms with Crippen LogP contribution in [0.25, 0.3) is 5.69 Å². The molecule has 0 bridgehead atoms. The van der Waals surface area contributed by atoms with Crippen molar-refractivity contribution in [1.29, 1.82) is 0 Å². The van der Waals surface area contributed by atoms with E-state index in [1.807, 2.05) is 30.3 Å². The molecular formula is C15H12ClFN4. The maximum absolute atomic E-state index is 14.1. The molecule has 3 aromatic rings. The normalized spacial score (nSPS) is 12.3. The first-order valence-corrected chi connectivity index (χ1v) is 6.72. The van der Waals surface area contributed by atoms with Crippen LogP contribution in [-0.2, 0) is 0 Å². The van der Waals surface area contributed by atoms with E-state index < -0.39 is 11.9 Å². The van der Waals surface area contributed by atoms with Gasteiger partial charge in [0, 0.05) is 5.56 Å². The van der Waals surface area contributed by atoms with E-state index in [1.165, 1.54) is 12.3 Å². The lowest BCUT2D eigenvalue weighted by molar-refractivity contribution is 0.593. The molecule has 0 aliphatic rings. The van der Waals surface area contributed by atoms with Crippen molar-refractivity contribution < 1.29 is 4.39 Å². The minimum absolute atomic E-state index is 0.0432. The molecule has 0 spiro atoms. The summed E-state index contributed by atoms with van der Waals surface area (Å²) in [4.78, 5) is 0. The van der Waals surface area contributed by atoms with Gasteiger partial charge in [-0.3, -0.25) is 0 Å². The van der Waals surface area contributed by atoms with Gasteiger partial charge < -0.3 is 5.73 Å². The molecule has 1 heterocycles. The van der Waals surface area contributed by atoms with E-state index in [0.717, 1.165) is 5.69 Å². The van der Waals surface area contributed by atoms with Crippen molar-refractivity contribution in [2.24, 2.45) is 5.73 Å². The number of hydrogen-bond donors (Lipinski definition) is 1. The van der Waals surface area contributed by atoms with Gasteiger partial charge in [-0.05, 0) is 18.2 Å². The Morgan fingerprint density at radius 2 is 1.86 bits per heavy atom. The number of nitrogens with zero attached hydrogens (tertiary/aromatic N) is 3. The summed E-state index contributed by atoms with van der Waals surface area (Å²) in [5.41, 5.74) is 7.87. The molecule has 0 amide bonds. The van der Waals surface area contributed by atoms with Crippen LogP contribution >= 0.6 is 11.6 Å². The summed E-state index contributed by atoms with van der Waals surface area (Å²) in [6, 6.07) is 13.5. The lowest BCUT2D eigenvalue weighted by atomic mass is 10.0. The first kappa shape index (κ1) is 13.7. The second-order valence-electron chi connectivity index (χ2n) is 4.53. The zero-order valence-electron chi connectivity index (χ0n) is 10.9. The van der Waals surface area contributed by atoms with Gasteiger partial charge in [0.25, 0.3) is 0 Å². The van der Waals surface area contributed by atoms with Gasteiger partial charge in [0.1, 0.15) is 5.82 Å². The first-order valence-electron chi connectivity index (χ1n) is 6.34. The summed E-state index contributed by atoms with van der Waals surface area (Å²) < 4.78 is 15.7. The Labute approximate surface area is 126 Å². The Bertz CT molecular complexity index is 757. The summed E-state index contributed by atoms with van der Waals surface area (Å²) in [7, 11) is 0. The fraction of sp³-hybridized carbons (Fsp3) is 0.0667. The minimum Gasteiger partial charge on any atom is -0.319 e. The van der Waals surface area contributed by atoms with E-state index in [4.69, 9.17) is 17.3 Å². The van der Waals surface area contributed by atoms with Gasteiger partial charge in [0.05, 0.1) is 28.6 Å². The van der Waals surface area contributed by atoms with Crippen LogP contribution in [0.2, 0.25) is 5.02 Å². The predicted octanol–water partition coefficient (Wildman–Crippen LogP) is 3.11. The molecular weight excluding hydrogens is 291 g/mol. The van der Waals surface area contributed by atoms with E-state index in [1.54, 1.807) is 16.8 Å². The third kappa shape index (κ3) is 2.53. The fourth-order valence-electron chi connectivity index (χ4n) is 2.14. The van der Waals surface area contributed by atoms with Crippen LogP contribution in [0.3, 0.4) is 0 Å². The van der Waals surface area contributed by atoms with Crippen LogP contribution in [0.1, 0.15) is 17.3 Å². The highest BCUT2D eigenvalue weighted by molar-refractivity contribution is 6.30. The van der Waals surface area contributed by atoms with Crippen LogP contribution in [0.15, 0.2) is 54.7 Å². The Morgan fingerprint density at radius 3 is 2.62 bits per heavy atom. The van der Waals surface area contributed by atoms with E-state index in [0.29, 0.717) is 11.3 Å². The molecule has 1 atom stereocenters. The van der Waals surface area contributed by atoms with Gasteiger partial charge in [-0.2, -0.15) is 0 Å². The molecule has 6 heteroatoms. The Kier molecular flexibility index (Phi) is 3.68. The number of halogens is 2. The van der Waals surface area contributed by atoms with Crippen molar-refractivity contribution >= 4 is 11.6 Å².